The first-order valence-electron chi connectivity index (χ1n) is 9.66. The molecule has 7 heteroatoms. The number of methoxy groups -OCH3 is 1. The largest absolute Gasteiger partial charge is 0.496 e. The second-order valence-electron chi connectivity index (χ2n) is 6.87. The molecule has 0 heterocycles. The van der Waals surface area contributed by atoms with Crippen molar-refractivity contribution in [2.75, 3.05) is 19.5 Å². The lowest BCUT2D eigenvalue weighted by Crippen LogP contribution is -2.33. The highest BCUT2D eigenvalue weighted by atomic mass is 35.5. The minimum absolute atomic E-state index is 0.0957. The van der Waals surface area contributed by atoms with Crippen LogP contribution in [0.1, 0.15) is 27.5 Å². The van der Waals surface area contributed by atoms with E-state index in [9.17, 15) is 9.59 Å². The molecule has 0 bridgehead atoms. The molecule has 0 fully saturated rings. The van der Waals surface area contributed by atoms with E-state index in [-0.39, 0.29) is 28.1 Å². The molecule has 1 unspecified atom stereocenters. The number of ether oxygens (including phenoxy) is 2. The maximum Gasteiger partial charge on any atom is 0.342 e. The van der Waals surface area contributed by atoms with Crippen LogP contribution in [0.5, 0.6) is 5.75 Å². The second kappa shape index (κ2) is 10.5. The number of amides is 1. The molecule has 0 aliphatic carbocycles. The topological polar surface area (TPSA) is 90.7 Å². The van der Waals surface area contributed by atoms with Crippen molar-refractivity contribution in [3.8, 4) is 5.75 Å². The van der Waals surface area contributed by atoms with Crippen molar-refractivity contribution in [2.24, 2.45) is 0 Å². The quantitative estimate of drug-likeness (QED) is 0.406. The minimum atomic E-state index is -0.728. The van der Waals surface area contributed by atoms with Crippen LogP contribution in [0.4, 0.5) is 5.69 Å². The van der Waals surface area contributed by atoms with Crippen molar-refractivity contribution in [1.29, 1.82) is 0 Å². The summed E-state index contributed by atoms with van der Waals surface area (Å²) >= 11 is 6.00. The zero-order valence-corrected chi connectivity index (χ0v) is 17.8. The van der Waals surface area contributed by atoms with Crippen LogP contribution in [0.3, 0.4) is 0 Å². The summed E-state index contributed by atoms with van der Waals surface area (Å²) in [6.45, 7) is -0.442. The van der Waals surface area contributed by atoms with Gasteiger partial charge in [-0.3, -0.25) is 4.79 Å². The monoisotopic (exact) mass is 438 g/mol. The van der Waals surface area contributed by atoms with Gasteiger partial charge in [-0.05, 0) is 23.6 Å². The maximum absolute atomic E-state index is 12.6. The predicted octanol–water partition coefficient (Wildman–Crippen LogP) is 4.19. The SMILES string of the molecule is COc1cc(N)c(Cl)cc1C(=O)OCC(=O)NC(Cc1ccccc1)c1ccccc1. The number of nitrogens with two attached hydrogens (primary N) is 1. The Morgan fingerprint density at radius 3 is 2.32 bits per heavy atom. The van der Waals surface area contributed by atoms with E-state index in [1.54, 1.807) is 0 Å². The fourth-order valence-corrected chi connectivity index (χ4v) is 3.29. The number of esters is 1. The number of benzene rings is 3. The summed E-state index contributed by atoms with van der Waals surface area (Å²) in [6, 6.07) is 22.0. The van der Waals surface area contributed by atoms with Gasteiger partial charge in [0.25, 0.3) is 5.91 Å². The Kier molecular flexibility index (Phi) is 7.51. The zero-order valence-electron chi connectivity index (χ0n) is 17.0. The van der Waals surface area contributed by atoms with Gasteiger partial charge in [0.2, 0.25) is 0 Å². The average molecular weight is 439 g/mol. The second-order valence-corrected chi connectivity index (χ2v) is 7.28. The number of halogens is 1. The predicted molar refractivity (Wildman–Crippen MR) is 120 cm³/mol. The van der Waals surface area contributed by atoms with Gasteiger partial charge in [0.15, 0.2) is 6.61 Å². The first-order valence-corrected chi connectivity index (χ1v) is 10.0. The van der Waals surface area contributed by atoms with Gasteiger partial charge in [0.05, 0.1) is 23.9 Å². The molecule has 31 heavy (non-hydrogen) atoms. The molecule has 1 amide bonds. The lowest BCUT2D eigenvalue weighted by atomic mass is 9.99. The average Bonchev–Trinajstić information content (AvgIpc) is 2.79. The van der Waals surface area contributed by atoms with E-state index < -0.39 is 18.5 Å². The molecule has 3 N–H and O–H groups in total. The van der Waals surface area contributed by atoms with Crippen molar-refractivity contribution in [3.63, 3.8) is 0 Å². The van der Waals surface area contributed by atoms with Crippen LogP contribution in [-0.2, 0) is 16.0 Å². The van der Waals surface area contributed by atoms with Crippen LogP contribution in [-0.4, -0.2) is 25.6 Å². The molecule has 0 saturated carbocycles. The lowest BCUT2D eigenvalue weighted by molar-refractivity contribution is -0.125. The van der Waals surface area contributed by atoms with E-state index in [1.165, 1.54) is 19.2 Å². The van der Waals surface area contributed by atoms with Gasteiger partial charge in [0, 0.05) is 6.07 Å². The van der Waals surface area contributed by atoms with Crippen molar-refractivity contribution in [2.45, 2.75) is 12.5 Å². The Morgan fingerprint density at radius 2 is 1.68 bits per heavy atom. The number of carbonyl (C=O) groups excluding carboxylic acids is 2. The van der Waals surface area contributed by atoms with E-state index >= 15 is 0 Å². The summed E-state index contributed by atoms with van der Waals surface area (Å²) in [6.07, 6.45) is 0.603. The number of hydrogen-bond acceptors (Lipinski definition) is 5. The molecule has 3 rings (SSSR count). The summed E-state index contributed by atoms with van der Waals surface area (Å²) < 4.78 is 10.3. The number of rotatable bonds is 8. The molecular formula is C24H23ClN2O4. The number of hydrogen-bond donors (Lipinski definition) is 2. The number of carbonyl (C=O) groups is 2. The number of nitrogen functional groups attached to an aromatic ring is 1. The summed E-state index contributed by atoms with van der Waals surface area (Å²) in [7, 11) is 1.40. The molecule has 0 spiro atoms. The van der Waals surface area contributed by atoms with Crippen LogP contribution < -0.4 is 15.8 Å². The van der Waals surface area contributed by atoms with Gasteiger partial charge < -0.3 is 20.5 Å². The van der Waals surface area contributed by atoms with Crippen LogP contribution in [0.25, 0.3) is 0 Å². The molecule has 6 nitrogen and oxygen atoms in total. The Labute approximate surface area is 185 Å². The Hall–Kier alpha value is -3.51. The Morgan fingerprint density at radius 1 is 1.03 bits per heavy atom. The summed E-state index contributed by atoms with van der Waals surface area (Å²) in [5, 5.41) is 3.14. The highest BCUT2D eigenvalue weighted by molar-refractivity contribution is 6.33. The summed E-state index contributed by atoms with van der Waals surface area (Å²) in [5.41, 5.74) is 8.14. The first kappa shape index (κ1) is 22.2. The molecule has 0 saturated heterocycles. The molecule has 0 aliphatic heterocycles. The van der Waals surface area contributed by atoms with Gasteiger partial charge >= 0.3 is 5.97 Å². The highest BCUT2D eigenvalue weighted by Gasteiger charge is 2.20. The smallest absolute Gasteiger partial charge is 0.342 e. The zero-order chi connectivity index (χ0) is 22.2. The first-order chi connectivity index (χ1) is 15.0. The molecule has 3 aromatic carbocycles. The molecule has 0 radical (unpaired) electrons. The third-order valence-electron chi connectivity index (χ3n) is 4.69. The van der Waals surface area contributed by atoms with Gasteiger partial charge in [0.1, 0.15) is 11.3 Å². The van der Waals surface area contributed by atoms with Crippen LogP contribution in [0.15, 0.2) is 72.8 Å². The van der Waals surface area contributed by atoms with Gasteiger partial charge in [-0.25, -0.2) is 4.79 Å². The Balaban J connectivity index is 1.67. The lowest BCUT2D eigenvalue weighted by Gasteiger charge is -2.19. The molecule has 0 aliphatic rings. The van der Waals surface area contributed by atoms with Crippen LogP contribution >= 0.6 is 11.6 Å². The van der Waals surface area contributed by atoms with Gasteiger partial charge in [-0.2, -0.15) is 0 Å². The molecule has 0 aromatic heterocycles. The number of anilines is 1. The summed E-state index contributed by atoms with van der Waals surface area (Å²) in [4.78, 5) is 25.0. The number of nitrogens with one attached hydrogen (secondary N) is 1. The fraction of sp³-hybridized carbons (Fsp3) is 0.167. The maximum atomic E-state index is 12.6. The molecular weight excluding hydrogens is 416 g/mol. The minimum Gasteiger partial charge on any atom is -0.496 e. The van der Waals surface area contributed by atoms with Crippen molar-refractivity contribution in [3.05, 3.63) is 94.5 Å². The summed E-state index contributed by atoms with van der Waals surface area (Å²) in [5.74, 6) is -0.926. The molecule has 160 valence electrons. The van der Waals surface area contributed by atoms with E-state index in [0.717, 1.165) is 11.1 Å². The molecule has 1 atom stereocenters. The normalized spacial score (nSPS) is 11.4. The highest BCUT2D eigenvalue weighted by Crippen LogP contribution is 2.29. The van der Waals surface area contributed by atoms with E-state index in [2.05, 4.69) is 5.32 Å². The van der Waals surface area contributed by atoms with Gasteiger partial charge in [-0.1, -0.05) is 72.3 Å². The van der Waals surface area contributed by atoms with Gasteiger partial charge in [-0.15, -0.1) is 0 Å². The third-order valence-corrected chi connectivity index (χ3v) is 5.02. The van der Waals surface area contributed by atoms with E-state index in [1.807, 2.05) is 60.7 Å². The Bertz CT molecular complexity index is 1040. The fourth-order valence-electron chi connectivity index (χ4n) is 3.13. The van der Waals surface area contributed by atoms with Crippen LogP contribution in [0, 0.1) is 0 Å². The van der Waals surface area contributed by atoms with Crippen molar-refractivity contribution >= 4 is 29.2 Å². The van der Waals surface area contributed by atoms with E-state index in [4.69, 9.17) is 26.8 Å². The standard InChI is InChI=1S/C24H23ClN2O4/c1-30-22-14-20(26)19(25)13-18(22)24(29)31-15-23(28)27-21(17-10-6-3-7-11-17)12-16-8-4-2-5-9-16/h2-11,13-14,21H,12,15,26H2,1H3,(H,27,28). The molecule has 3 aromatic rings. The van der Waals surface area contributed by atoms with Crippen molar-refractivity contribution < 1.29 is 19.1 Å². The van der Waals surface area contributed by atoms with E-state index in [0.29, 0.717) is 6.42 Å². The third kappa shape index (κ3) is 5.99. The van der Waals surface area contributed by atoms with Crippen molar-refractivity contribution in [1.82, 2.24) is 5.32 Å². The van der Waals surface area contributed by atoms with Crippen LogP contribution in [0.2, 0.25) is 5.02 Å².